The van der Waals surface area contributed by atoms with E-state index in [2.05, 4.69) is 44.1 Å². The maximum absolute atomic E-state index is 3.96. The van der Waals surface area contributed by atoms with E-state index in [-0.39, 0.29) is 12.4 Å². The molecule has 2 N–H and O–H groups in total. The van der Waals surface area contributed by atoms with E-state index in [4.69, 9.17) is 0 Å². The van der Waals surface area contributed by atoms with Gasteiger partial charge in [0.15, 0.2) is 0 Å². The van der Waals surface area contributed by atoms with Crippen molar-refractivity contribution in [3.8, 4) is 11.4 Å². The van der Waals surface area contributed by atoms with Crippen molar-refractivity contribution in [1.82, 2.24) is 25.9 Å². The monoisotopic (exact) mass is 263 g/mol. The van der Waals surface area contributed by atoms with E-state index in [0.717, 1.165) is 25.1 Å². The quantitative estimate of drug-likeness (QED) is 0.865. The van der Waals surface area contributed by atoms with Crippen LogP contribution in [0.25, 0.3) is 17.0 Å². The van der Waals surface area contributed by atoms with Gasteiger partial charge >= 0.3 is 0 Å². The molecule has 0 saturated heterocycles. The summed E-state index contributed by atoms with van der Waals surface area (Å²) in [6.45, 7) is 2.01. The SMILES string of the molecule is C1=C(c2ccc(-c3nn[nH]n3)cc2)CCNC1.Cl. The summed E-state index contributed by atoms with van der Waals surface area (Å²) >= 11 is 0. The molecule has 0 amide bonds. The molecule has 18 heavy (non-hydrogen) atoms. The average Bonchev–Trinajstić information content (AvgIpc) is 2.94. The molecule has 1 aliphatic rings. The van der Waals surface area contributed by atoms with Crippen LogP contribution in [0.2, 0.25) is 0 Å². The van der Waals surface area contributed by atoms with Gasteiger partial charge in [-0.1, -0.05) is 30.3 Å². The molecule has 0 spiro atoms. The second kappa shape index (κ2) is 5.75. The summed E-state index contributed by atoms with van der Waals surface area (Å²) in [5.41, 5.74) is 3.67. The summed E-state index contributed by atoms with van der Waals surface area (Å²) < 4.78 is 0. The number of nitrogens with one attached hydrogen (secondary N) is 2. The Labute approximate surface area is 111 Å². The summed E-state index contributed by atoms with van der Waals surface area (Å²) in [5, 5.41) is 17.2. The van der Waals surface area contributed by atoms with Crippen molar-refractivity contribution in [2.45, 2.75) is 6.42 Å². The molecule has 1 aromatic heterocycles. The molecule has 6 heteroatoms. The topological polar surface area (TPSA) is 66.5 Å². The van der Waals surface area contributed by atoms with Crippen LogP contribution in [0.4, 0.5) is 0 Å². The Morgan fingerprint density at radius 2 is 1.83 bits per heavy atom. The molecule has 94 valence electrons. The van der Waals surface area contributed by atoms with Crippen LogP contribution in [0, 0.1) is 0 Å². The zero-order valence-electron chi connectivity index (χ0n) is 9.76. The third kappa shape index (κ3) is 2.57. The zero-order valence-corrected chi connectivity index (χ0v) is 10.6. The van der Waals surface area contributed by atoms with E-state index in [0.29, 0.717) is 5.82 Å². The number of benzene rings is 1. The second-order valence-corrected chi connectivity index (χ2v) is 4.00. The fourth-order valence-corrected chi connectivity index (χ4v) is 2.00. The van der Waals surface area contributed by atoms with Gasteiger partial charge in [0.25, 0.3) is 0 Å². The number of hydrogen-bond acceptors (Lipinski definition) is 4. The summed E-state index contributed by atoms with van der Waals surface area (Å²) in [7, 11) is 0. The molecule has 5 nitrogen and oxygen atoms in total. The number of halogens is 1. The summed E-state index contributed by atoms with van der Waals surface area (Å²) in [5.74, 6) is 0.635. The Bertz CT molecular complexity index is 518. The van der Waals surface area contributed by atoms with Gasteiger partial charge in [-0.3, -0.25) is 0 Å². The average molecular weight is 264 g/mol. The minimum atomic E-state index is 0. The lowest BCUT2D eigenvalue weighted by atomic mass is 9.99. The van der Waals surface area contributed by atoms with Crippen LogP contribution < -0.4 is 5.32 Å². The predicted octanol–water partition coefficient (Wildman–Crippen LogP) is 1.67. The van der Waals surface area contributed by atoms with Crippen molar-refractivity contribution >= 4 is 18.0 Å². The van der Waals surface area contributed by atoms with E-state index in [1.165, 1.54) is 11.1 Å². The van der Waals surface area contributed by atoms with E-state index in [1.807, 2.05) is 12.1 Å². The van der Waals surface area contributed by atoms with Crippen LogP contribution in [-0.4, -0.2) is 33.7 Å². The van der Waals surface area contributed by atoms with Crippen LogP contribution in [-0.2, 0) is 0 Å². The van der Waals surface area contributed by atoms with Gasteiger partial charge in [-0.2, -0.15) is 5.21 Å². The van der Waals surface area contributed by atoms with Crippen molar-refractivity contribution in [2.75, 3.05) is 13.1 Å². The van der Waals surface area contributed by atoms with Crippen molar-refractivity contribution in [3.63, 3.8) is 0 Å². The fraction of sp³-hybridized carbons (Fsp3) is 0.250. The number of rotatable bonds is 2. The molecule has 2 aromatic rings. The molecular formula is C12H14ClN5. The highest BCUT2D eigenvalue weighted by molar-refractivity contribution is 5.85. The van der Waals surface area contributed by atoms with Crippen molar-refractivity contribution in [2.24, 2.45) is 0 Å². The number of tetrazole rings is 1. The lowest BCUT2D eigenvalue weighted by Gasteiger charge is -2.14. The van der Waals surface area contributed by atoms with Crippen molar-refractivity contribution < 1.29 is 0 Å². The molecule has 0 bridgehead atoms. The van der Waals surface area contributed by atoms with E-state index < -0.39 is 0 Å². The molecule has 0 saturated carbocycles. The molecule has 1 aliphatic heterocycles. The standard InChI is InChI=1S/C12H13N5.ClH/c1-3-11(12-14-16-17-15-12)4-2-9(1)10-5-7-13-8-6-10;/h1-5,13H,6-8H2,(H,14,15,16,17);1H. The first-order valence-corrected chi connectivity index (χ1v) is 5.67. The largest absolute Gasteiger partial charge is 0.313 e. The van der Waals surface area contributed by atoms with Crippen LogP contribution in [0.3, 0.4) is 0 Å². The lowest BCUT2D eigenvalue weighted by molar-refractivity contribution is 0.738. The van der Waals surface area contributed by atoms with Crippen LogP contribution >= 0.6 is 12.4 Å². The fourth-order valence-electron chi connectivity index (χ4n) is 2.00. The smallest absolute Gasteiger partial charge is 0.204 e. The van der Waals surface area contributed by atoms with Gasteiger partial charge in [0.2, 0.25) is 5.82 Å². The first kappa shape index (κ1) is 12.7. The number of aromatic nitrogens is 4. The normalized spacial score (nSPS) is 14.8. The Kier molecular flexibility index (Phi) is 4.07. The van der Waals surface area contributed by atoms with Gasteiger partial charge in [0.1, 0.15) is 0 Å². The van der Waals surface area contributed by atoms with Crippen molar-refractivity contribution in [1.29, 1.82) is 0 Å². The van der Waals surface area contributed by atoms with Gasteiger partial charge in [0, 0.05) is 12.1 Å². The highest BCUT2D eigenvalue weighted by Gasteiger charge is 2.07. The summed E-state index contributed by atoms with van der Waals surface area (Å²) in [6, 6.07) is 8.29. The maximum atomic E-state index is 3.96. The summed E-state index contributed by atoms with van der Waals surface area (Å²) in [4.78, 5) is 0. The Morgan fingerprint density at radius 1 is 1.06 bits per heavy atom. The highest BCUT2D eigenvalue weighted by Crippen LogP contribution is 2.22. The molecule has 1 aromatic carbocycles. The number of nitrogens with zero attached hydrogens (tertiary/aromatic N) is 3. The van der Waals surface area contributed by atoms with E-state index in [1.54, 1.807) is 0 Å². The molecule has 0 radical (unpaired) electrons. The van der Waals surface area contributed by atoms with E-state index in [9.17, 15) is 0 Å². The van der Waals surface area contributed by atoms with Gasteiger partial charge in [-0.15, -0.1) is 22.6 Å². The minimum Gasteiger partial charge on any atom is -0.313 e. The Hall–Kier alpha value is -1.72. The number of hydrogen-bond donors (Lipinski definition) is 2. The van der Waals surface area contributed by atoms with Gasteiger partial charge < -0.3 is 5.32 Å². The van der Waals surface area contributed by atoms with Crippen molar-refractivity contribution in [3.05, 3.63) is 35.9 Å². The highest BCUT2D eigenvalue weighted by atomic mass is 35.5. The minimum absolute atomic E-state index is 0. The predicted molar refractivity (Wildman–Crippen MR) is 72.3 cm³/mol. The molecular weight excluding hydrogens is 250 g/mol. The maximum Gasteiger partial charge on any atom is 0.204 e. The molecule has 0 atom stereocenters. The Balaban J connectivity index is 0.00000120. The first-order valence-electron chi connectivity index (χ1n) is 5.67. The molecule has 0 fully saturated rings. The van der Waals surface area contributed by atoms with Crippen LogP contribution in [0.1, 0.15) is 12.0 Å². The third-order valence-electron chi connectivity index (χ3n) is 2.92. The number of aromatic amines is 1. The third-order valence-corrected chi connectivity index (χ3v) is 2.92. The summed E-state index contributed by atoms with van der Waals surface area (Å²) in [6.07, 6.45) is 3.33. The first-order chi connectivity index (χ1) is 8.43. The Morgan fingerprint density at radius 3 is 2.44 bits per heavy atom. The molecule has 2 heterocycles. The lowest BCUT2D eigenvalue weighted by Crippen LogP contribution is -2.19. The van der Waals surface area contributed by atoms with Gasteiger partial charge in [0.05, 0.1) is 0 Å². The molecule has 0 unspecified atom stereocenters. The van der Waals surface area contributed by atoms with Gasteiger partial charge in [-0.05, 0) is 29.3 Å². The van der Waals surface area contributed by atoms with Gasteiger partial charge in [-0.25, -0.2) is 0 Å². The van der Waals surface area contributed by atoms with Crippen LogP contribution in [0.5, 0.6) is 0 Å². The van der Waals surface area contributed by atoms with E-state index >= 15 is 0 Å². The molecule has 3 rings (SSSR count). The molecule has 0 aliphatic carbocycles. The van der Waals surface area contributed by atoms with Crippen LogP contribution in [0.15, 0.2) is 30.3 Å². The second-order valence-electron chi connectivity index (χ2n) is 4.00. The zero-order chi connectivity index (χ0) is 11.5. The number of H-pyrrole nitrogens is 1.